The number of nitrogens with two attached hydrogens (primary N) is 1. The third-order valence-corrected chi connectivity index (χ3v) is 3.33. The maximum absolute atomic E-state index is 12.9. The van der Waals surface area contributed by atoms with Gasteiger partial charge in [-0.25, -0.2) is 9.98 Å². The summed E-state index contributed by atoms with van der Waals surface area (Å²) in [5, 5.41) is 2.81. The van der Waals surface area contributed by atoms with E-state index < -0.39 is 30.0 Å². The van der Waals surface area contributed by atoms with E-state index >= 15 is 0 Å². The molecule has 0 aliphatic heterocycles. The fourth-order valence-electron chi connectivity index (χ4n) is 2.25. The highest BCUT2D eigenvalue weighted by atomic mass is 19.4. The Bertz CT molecular complexity index is 787. The Balaban J connectivity index is 3.13. The maximum Gasteiger partial charge on any atom is 0.416 e. The quantitative estimate of drug-likeness (QED) is 0.418. The van der Waals surface area contributed by atoms with Crippen molar-refractivity contribution in [2.45, 2.75) is 39.7 Å². The number of hydrogen-bond acceptors (Lipinski definition) is 1. The zero-order valence-electron chi connectivity index (χ0n) is 16.0. The fraction of sp³-hybridized carbons (Fsp3) is 0.389. The van der Waals surface area contributed by atoms with Crippen molar-refractivity contribution in [1.82, 2.24) is 5.32 Å². The number of allylic oxidation sites excluding steroid dienone is 2. The van der Waals surface area contributed by atoms with Gasteiger partial charge in [0.05, 0.1) is 17.7 Å². The number of nitrogens with zero attached hydrogens (tertiary/aromatic N) is 3. The van der Waals surface area contributed by atoms with Crippen LogP contribution in [0.1, 0.15) is 37.5 Å². The van der Waals surface area contributed by atoms with Gasteiger partial charge < -0.3 is 11.1 Å². The van der Waals surface area contributed by atoms with Gasteiger partial charge in [-0.15, -0.1) is 0 Å². The molecule has 11 heteroatoms. The Labute approximate surface area is 164 Å². The second-order valence-electron chi connectivity index (χ2n) is 6.40. The smallest absolute Gasteiger partial charge is 0.368 e. The number of alkyl halides is 6. The van der Waals surface area contributed by atoms with Crippen molar-refractivity contribution in [2.24, 2.45) is 26.6 Å². The van der Waals surface area contributed by atoms with Gasteiger partial charge in [-0.2, -0.15) is 31.3 Å². The number of hydrogen-bond donors (Lipinski definition) is 2. The van der Waals surface area contributed by atoms with Gasteiger partial charge in [0, 0.05) is 5.70 Å². The summed E-state index contributed by atoms with van der Waals surface area (Å²) in [5.74, 6) is -0.160. The highest BCUT2D eigenvalue weighted by Crippen LogP contribution is 2.36. The van der Waals surface area contributed by atoms with Crippen molar-refractivity contribution in [1.29, 1.82) is 0 Å². The lowest BCUT2D eigenvalue weighted by molar-refractivity contribution is -0.143. The lowest BCUT2D eigenvalue weighted by atomic mass is 10.0. The molecular weight excluding hydrogens is 400 g/mol. The zero-order chi connectivity index (χ0) is 22.4. The van der Waals surface area contributed by atoms with Crippen LogP contribution in [0.25, 0.3) is 0 Å². The molecule has 0 radical (unpaired) electrons. The minimum Gasteiger partial charge on any atom is -0.368 e. The van der Waals surface area contributed by atoms with Crippen molar-refractivity contribution in [2.75, 3.05) is 0 Å². The molecule has 1 aromatic carbocycles. The van der Waals surface area contributed by atoms with E-state index in [0.717, 1.165) is 0 Å². The van der Waals surface area contributed by atoms with Gasteiger partial charge in [0.15, 0.2) is 0 Å². The number of guanidine groups is 2. The van der Waals surface area contributed by atoms with Gasteiger partial charge in [0.1, 0.15) is 0 Å². The average Bonchev–Trinajstić information content (AvgIpc) is 2.56. The molecule has 1 rings (SSSR count). The molecule has 0 unspecified atom stereocenters. The highest BCUT2D eigenvalue weighted by molar-refractivity contribution is 5.96. The van der Waals surface area contributed by atoms with E-state index in [0.29, 0.717) is 17.8 Å². The summed E-state index contributed by atoms with van der Waals surface area (Å²) in [7, 11) is 0. The van der Waals surface area contributed by atoms with Gasteiger partial charge in [-0.1, -0.05) is 19.9 Å². The van der Waals surface area contributed by atoms with Crippen molar-refractivity contribution >= 4 is 18.6 Å². The normalized spacial score (nSPS) is 14.3. The fourth-order valence-corrected chi connectivity index (χ4v) is 2.25. The van der Waals surface area contributed by atoms with Crippen molar-refractivity contribution in [3.63, 3.8) is 0 Å². The highest BCUT2D eigenvalue weighted by Gasteiger charge is 2.36. The number of nitrogens with one attached hydrogen (secondary N) is 1. The van der Waals surface area contributed by atoms with Gasteiger partial charge >= 0.3 is 12.4 Å². The van der Waals surface area contributed by atoms with Crippen LogP contribution in [0.2, 0.25) is 0 Å². The Kier molecular flexibility index (Phi) is 7.98. The topological polar surface area (TPSA) is 75.1 Å². The Hall–Kier alpha value is -2.85. The molecule has 0 aliphatic carbocycles. The first-order chi connectivity index (χ1) is 13.2. The predicted octanol–water partition coefficient (Wildman–Crippen LogP) is 4.74. The molecule has 0 fully saturated rings. The van der Waals surface area contributed by atoms with Crippen LogP contribution in [-0.4, -0.2) is 18.6 Å². The summed E-state index contributed by atoms with van der Waals surface area (Å²) in [4.78, 5) is 11.2. The van der Waals surface area contributed by atoms with E-state index in [9.17, 15) is 26.3 Å². The predicted molar refractivity (Wildman–Crippen MR) is 100 cm³/mol. The van der Waals surface area contributed by atoms with E-state index in [1.165, 1.54) is 0 Å². The number of rotatable bonds is 4. The lowest BCUT2D eigenvalue weighted by Crippen LogP contribution is -2.23. The van der Waals surface area contributed by atoms with Crippen LogP contribution in [0.3, 0.4) is 0 Å². The minimum atomic E-state index is -4.94. The van der Waals surface area contributed by atoms with E-state index in [2.05, 4.69) is 27.0 Å². The Morgan fingerprint density at radius 1 is 1.10 bits per heavy atom. The van der Waals surface area contributed by atoms with Gasteiger partial charge in [0.2, 0.25) is 11.9 Å². The van der Waals surface area contributed by atoms with Crippen LogP contribution in [0, 0.1) is 5.92 Å². The van der Waals surface area contributed by atoms with Crippen LogP contribution >= 0.6 is 0 Å². The monoisotopic (exact) mass is 421 g/mol. The second kappa shape index (κ2) is 9.57. The molecular formula is C18H21F6N5. The van der Waals surface area contributed by atoms with Gasteiger partial charge in [-0.05, 0) is 43.3 Å². The molecule has 0 aliphatic rings. The van der Waals surface area contributed by atoms with Crippen molar-refractivity contribution < 1.29 is 26.3 Å². The lowest BCUT2D eigenvalue weighted by Gasteiger charge is -2.13. The molecule has 0 atom stereocenters. The third-order valence-electron chi connectivity index (χ3n) is 3.33. The third kappa shape index (κ3) is 8.36. The summed E-state index contributed by atoms with van der Waals surface area (Å²) in [5.41, 5.74) is 3.12. The summed E-state index contributed by atoms with van der Waals surface area (Å²) in [6.45, 7) is 8.42. The van der Waals surface area contributed by atoms with Gasteiger partial charge in [0.25, 0.3) is 0 Å². The molecule has 0 bridgehead atoms. The van der Waals surface area contributed by atoms with E-state index in [1.807, 2.05) is 19.9 Å². The van der Waals surface area contributed by atoms with Crippen LogP contribution in [-0.2, 0) is 18.9 Å². The SMILES string of the molecule is C=N/C(=N\C(N)=NCc1cc(C(F)(F)F)cc(C(F)(F)F)c1)N/C(C)=C\C(C)C. The largest absolute Gasteiger partial charge is 0.416 e. The first-order valence-electron chi connectivity index (χ1n) is 8.31. The Morgan fingerprint density at radius 3 is 2.03 bits per heavy atom. The standard InChI is InChI=1S/C18H21F6N5/c1-10(2)5-11(3)28-16(26-4)29-15(25)27-9-12-6-13(17(19,20)21)8-14(7-12)18(22,23)24/h5-8,10H,4,9H2,1-3H3,(H3,25,27,28,29)/b11-5-. The molecule has 0 spiro atoms. The molecule has 1 aromatic rings. The number of aliphatic imine (C=N–C) groups is 3. The minimum absolute atomic E-state index is 0.0133. The number of benzene rings is 1. The van der Waals surface area contributed by atoms with Crippen LogP contribution in [0.15, 0.2) is 44.9 Å². The molecule has 5 nitrogen and oxygen atoms in total. The second-order valence-corrected chi connectivity index (χ2v) is 6.40. The molecule has 160 valence electrons. The van der Waals surface area contributed by atoms with E-state index in [-0.39, 0.29) is 29.5 Å². The maximum atomic E-state index is 12.9. The first kappa shape index (κ1) is 24.2. The molecule has 0 amide bonds. The Morgan fingerprint density at radius 2 is 1.62 bits per heavy atom. The molecule has 0 saturated carbocycles. The summed E-state index contributed by atoms with van der Waals surface area (Å²) in [6, 6.07) is 1.20. The van der Waals surface area contributed by atoms with Crippen molar-refractivity contribution in [3.8, 4) is 0 Å². The zero-order valence-corrected chi connectivity index (χ0v) is 16.0. The summed E-state index contributed by atoms with van der Waals surface area (Å²) >= 11 is 0. The van der Waals surface area contributed by atoms with E-state index in [4.69, 9.17) is 5.73 Å². The molecule has 0 saturated heterocycles. The molecule has 0 heterocycles. The summed E-state index contributed by atoms with van der Waals surface area (Å²) < 4.78 is 77.3. The van der Waals surface area contributed by atoms with Crippen LogP contribution in [0.5, 0.6) is 0 Å². The first-order valence-corrected chi connectivity index (χ1v) is 8.31. The van der Waals surface area contributed by atoms with Crippen molar-refractivity contribution in [3.05, 3.63) is 46.7 Å². The summed E-state index contributed by atoms with van der Waals surface area (Å²) in [6.07, 6.45) is -8.00. The van der Waals surface area contributed by atoms with Gasteiger partial charge in [-0.3, -0.25) is 0 Å². The molecule has 29 heavy (non-hydrogen) atoms. The van der Waals surface area contributed by atoms with Crippen LogP contribution in [0.4, 0.5) is 26.3 Å². The molecule has 0 aromatic heterocycles. The van der Waals surface area contributed by atoms with Crippen LogP contribution < -0.4 is 11.1 Å². The average molecular weight is 421 g/mol. The van der Waals surface area contributed by atoms with E-state index in [1.54, 1.807) is 6.92 Å². The molecule has 3 N–H and O–H groups in total. The number of halogens is 6.